The van der Waals surface area contributed by atoms with Crippen LogP contribution >= 0.6 is 34.5 Å². The number of halogens is 2. The van der Waals surface area contributed by atoms with Crippen molar-refractivity contribution in [2.75, 3.05) is 5.32 Å². The standard InChI is InChI=1S/C13H12Cl2N2O3S2.Na.H/c1-2-9-4-6-12(21-9)22(19,20)17-13(18)16-8-3-5-10(14)11(15)7-8;;/h3-7H,2H2,1H3,(H2,16,17,18);;. The van der Waals surface area contributed by atoms with Crippen LogP contribution in [0.2, 0.25) is 10.0 Å². The van der Waals surface area contributed by atoms with Crippen molar-refractivity contribution in [3.63, 3.8) is 0 Å². The van der Waals surface area contributed by atoms with Crippen LogP contribution in [0.4, 0.5) is 10.5 Å². The number of aryl methyl sites for hydroxylation is 1. The molecule has 2 rings (SSSR count). The Morgan fingerprint density at radius 2 is 1.87 bits per heavy atom. The predicted octanol–water partition coefficient (Wildman–Crippen LogP) is 3.48. The second-order valence-corrected chi connectivity index (χ2v) is 8.15. The van der Waals surface area contributed by atoms with E-state index in [1.165, 1.54) is 24.3 Å². The Labute approximate surface area is 170 Å². The van der Waals surface area contributed by atoms with Gasteiger partial charge in [0.05, 0.1) is 10.0 Å². The van der Waals surface area contributed by atoms with Gasteiger partial charge in [0, 0.05) is 10.6 Å². The van der Waals surface area contributed by atoms with Gasteiger partial charge >= 0.3 is 35.6 Å². The van der Waals surface area contributed by atoms with Gasteiger partial charge < -0.3 is 5.32 Å². The molecule has 0 bridgehead atoms. The molecule has 120 valence electrons. The van der Waals surface area contributed by atoms with E-state index < -0.39 is 16.1 Å². The fourth-order valence-electron chi connectivity index (χ4n) is 1.60. The molecule has 0 unspecified atom stereocenters. The average Bonchev–Trinajstić information content (AvgIpc) is 2.92. The molecule has 0 saturated heterocycles. The molecule has 0 atom stereocenters. The van der Waals surface area contributed by atoms with Gasteiger partial charge in [-0.2, -0.15) is 0 Å². The number of sulfonamides is 1. The molecule has 0 spiro atoms. The summed E-state index contributed by atoms with van der Waals surface area (Å²) in [4.78, 5) is 12.7. The van der Waals surface area contributed by atoms with Gasteiger partial charge in [0.1, 0.15) is 4.21 Å². The van der Waals surface area contributed by atoms with Crippen molar-refractivity contribution in [2.24, 2.45) is 0 Å². The molecular weight excluding hydrogens is 390 g/mol. The van der Waals surface area contributed by atoms with Crippen molar-refractivity contribution >= 4 is 85.8 Å². The molecule has 1 heterocycles. The molecule has 2 amide bonds. The maximum absolute atomic E-state index is 12.1. The molecule has 0 radical (unpaired) electrons. The third kappa shape index (κ3) is 5.63. The van der Waals surface area contributed by atoms with Crippen LogP contribution in [0.3, 0.4) is 0 Å². The van der Waals surface area contributed by atoms with Gasteiger partial charge in [-0.15, -0.1) is 11.3 Å². The zero-order valence-corrected chi connectivity index (χ0v) is 14.5. The quantitative estimate of drug-likeness (QED) is 0.768. The monoisotopic (exact) mass is 402 g/mol. The number of carbonyl (C=O) groups is 1. The van der Waals surface area contributed by atoms with Crippen molar-refractivity contribution < 1.29 is 13.2 Å². The van der Waals surface area contributed by atoms with Gasteiger partial charge in [0.25, 0.3) is 10.0 Å². The molecule has 10 heteroatoms. The summed E-state index contributed by atoms with van der Waals surface area (Å²) in [6.07, 6.45) is 0.732. The summed E-state index contributed by atoms with van der Waals surface area (Å²) in [5, 5.41) is 2.99. The molecular formula is C13H13Cl2N2NaO3S2. The third-order valence-corrected chi connectivity index (χ3v) is 6.45. The first-order valence-electron chi connectivity index (χ1n) is 6.19. The Kier molecular flexibility index (Phi) is 7.86. The first-order valence-corrected chi connectivity index (χ1v) is 9.25. The summed E-state index contributed by atoms with van der Waals surface area (Å²) in [7, 11) is -3.89. The van der Waals surface area contributed by atoms with E-state index in [1.807, 2.05) is 11.6 Å². The summed E-state index contributed by atoms with van der Waals surface area (Å²) in [6, 6.07) is 6.76. The molecule has 2 N–H and O–H groups in total. The van der Waals surface area contributed by atoms with Crippen molar-refractivity contribution in [3.8, 4) is 0 Å². The van der Waals surface area contributed by atoms with E-state index in [9.17, 15) is 13.2 Å². The zero-order valence-electron chi connectivity index (χ0n) is 11.4. The minimum absolute atomic E-state index is 0. The van der Waals surface area contributed by atoms with Gasteiger partial charge in [0.2, 0.25) is 0 Å². The number of amides is 2. The van der Waals surface area contributed by atoms with E-state index in [1.54, 1.807) is 6.07 Å². The van der Waals surface area contributed by atoms with Crippen LogP contribution in [0.25, 0.3) is 0 Å². The minimum atomic E-state index is -3.89. The normalized spacial score (nSPS) is 10.7. The number of urea groups is 1. The number of benzene rings is 1. The van der Waals surface area contributed by atoms with Crippen LogP contribution < -0.4 is 10.0 Å². The number of nitrogens with one attached hydrogen (secondary N) is 2. The van der Waals surface area contributed by atoms with Crippen molar-refractivity contribution in [1.29, 1.82) is 0 Å². The molecule has 0 aliphatic heterocycles. The molecule has 2 aromatic rings. The fourth-order valence-corrected chi connectivity index (χ4v) is 4.10. The second-order valence-electron chi connectivity index (χ2n) is 4.26. The van der Waals surface area contributed by atoms with Crippen LogP contribution in [0.5, 0.6) is 0 Å². The van der Waals surface area contributed by atoms with Crippen molar-refractivity contribution in [3.05, 3.63) is 45.3 Å². The van der Waals surface area contributed by atoms with E-state index in [-0.39, 0.29) is 38.8 Å². The van der Waals surface area contributed by atoms with Crippen LogP contribution in [0.15, 0.2) is 34.5 Å². The molecule has 23 heavy (non-hydrogen) atoms. The molecule has 1 aromatic heterocycles. The maximum atomic E-state index is 12.1. The van der Waals surface area contributed by atoms with Crippen molar-refractivity contribution in [1.82, 2.24) is 4.72 Å². The topological polar surface area (TPSA) is 75.3 Å². The Bertz CT molecular complexity index is 809. The number of anilines is 1. The number of carbonyl (C=O) groups excluding carboxylic acids is 1. The number of thiophene rings is 1. The van der Waals surface area contributed by atoms with Crippen LogP contribution in [0, 0.1) is 0 Å². The summed E-state index contributed by atoms with van der Waals surface area (Å²) >= 11 is 12.7. The zero-order chi connectivity index (χ0) is 16.3. The van der Waals surface area contributed by atoms with Crippen LogP contribution in [-0.2, 0) is 16.4 Å². The predicted molar refractivity (Wildman–Crippen MR) is 96.6 cm³/mol. The number of hydrogen-bond acceptors (Lipinski definition) is 4. The molecule has 0 saturated carbocycles. The number of rotatable bonds is 4. The first kappa shape index (κ1) is 20.8. The van der Waals surface area contributed by atoms with Crippen LogP contribution in [0.1, 0.15) is 11.8 Å². The SMILES string of the molecule is CCc1ccc(S(=O)(=O)NC(=O)Nc2ccc(Cl)c(Cl)c2)s1.[NaH]. The van der Waals surface area contributed by atoms with Gasteiger partial charge in [-0.05, 0) is 36.8 Å². The van der Waals surface area contributed by atoms with Crippen molar-refractivity contribution in [2.45, 2.75) is 17.6 Å². The Morgan fingerprint density at radius 1 is 1.17 bits per heavy atom. The molecule has 5 nitrogen and oxygen atoms in total. The first-order chi connectivity index (χ1) is 10.3. The van der Waals surface area contributed by atoms with E-state index in [0.29, 0.717) is 10.7 Å². The molecule has 0 aliphatic rings. The summed E-state index contributed by atoms with van der Waals surface area (Å²) in [5.74, 6) is 0. The number of hydrogen-bond donors (Lipinski definition) is 2. The average molecular weight is 403 g/mol. The Balaban J connectivity index is 0.00000264. The van der Waals surface area contributed by atoms with E-state index in [4.69, 9.17) is 23.2 Å². The van der Waals surface area contributed by atoms with E-state index in [0.717, 1.165) is 22.6 Å². The van der Waals surface area contributed by atoms with Gasteiger partial charge in [-0.25, -0.2) is 17.9 Å². The Hall–Kier alpha value is -0.280. The Morgan fingerprint density at radius 3 is 2.43 bits per heavy atom. The summed E-state index contributed by atoms with van der Waals surface area (Å²) in [5.41, 5.74) is 0.336. The summed E-state index contributed by atoms with van der Waals surface area (Å²) in [6.45, 7) is 1.92. The molecule has 0 fully saturated rings. The second kappa shape index (κ2) is 8.71. The van der Waals surface area contributed by atoms with Gasteiger partial charge in [-0.1, -0.05) is 30.1 Å². The molecule has 1 aromatic carbocycles. The molecule has 0 aliphatic carbocycles. The van der Waals surface area contributed by atoms with Gasteiger partial charge in [-0.3, -0.25) is 0 Å². The fraction of sp³-hybridized carbons (Fsp3) is 0.154. The van der Waals surface area contributed by atoms with Crippen LogP contribution in [-0.4, -0.2) is 44.0 Å². The van der Waals surface area contributed by atoms with E-state index >= 15 is 0 Å². The van der Waals surface area contributed by atoms with E-state index in [2.05, 4.69) is 5.32 Å². The summed E-state index contributed by atoms with van der Waals surface area (Å²) < 4.78 is 26.2. The van der Waals surface area contributed by atoms with Gasteiger partial charge in [0.15, 0.2) is 0 Å². The third-order valence-electron chi connectivity index (χ3n) is 2.65.